The molecule has 0 aliphatic carbocycles. The molecule has 2 aromatic carbocycles. The lowest BCUT2D eigenvalue weighted by Gasteiger charge is -2.07. The molecule has 1 N–H and O–H groups in total. The van der Waals surface area contributed by atoms with Gasteiger partial charge in [0.25, 0.3) is 0 Å². The van der Waals surface area contributed by atoms with E-state index in [-0.39, 0.29) is 0 Å². The first kappa shape index (κ1) is 21.6. The lowest BCUT2D eigenvalue weighted by Crippen LogP contribution is -2.00. The van der Waals surface area contributed by atoms with E-state index in [9.17, 15) is 4.79 Å². The fourth-order valence-corrected chi connectivity index (χ4v) is 3.64. The molecule has 160 valence electrons. The van der Waals surface area contributed by atoms with Crippen LogP contribution in [0.3, 0.4) is 0 Å². The summed E-state index contributed by atoms with van der Waals surface area (Å²) < 4.78 is 2.03. The molecule has 7 heteroatoms. The largest absolute Gasteiger partial charge is 0.323 e. The molecular weight excluding hydrogens is 422 g/mol. The quantitative estimate of drug-likeness (QED) is 0.396. The van der Waals surface area contributed by atoms with E-state index in [1.807, 2.05) is 49.0 Å². The molecule has 6 nitrogen and oxygen atoms in total. The number of aromatic nitrogens is 4. The normalized spacial score (nSPS) is 10.7. The van der Waals surface area contributed by atoms with E-state index in [2.05, 4.69) is 33.5 Å². The third-order valence-electron chi connectivity index (χ3n) is 4.91. The fourth-order valence-electron chi connectivity index (χ4n) is 3.42. The van der Waals surface area contributed by atoms with Gasteiger partial charge in [0.1, 0.15) is 5.52 Å². The number of nitrogens with one attached hydrogen (secondary N) is 1. The van der Waals surface area contributed by atoms with Crippen molar-refractivity contribution in [3.8, 4) is 11.3 Å². The minimum absolute atomic E-state index is 0.415. The topological polar surface area (TPSA) is 72.7 Å². The van der Waals surface area contributed by atoms with Crippen LogP contribution < -0.4 is 5.32 Å². The third kappa shape index (κ3) is 4.51. The van der Waals surface area contributed by atoms with Gasteiger partial charge in [0.2, 0.25) is 0 Å². The van der Waals surface area contributed by atoms with Crippen molar-refractivity contribution in [3.63, 3.8) is 0 Å². The second-order valence-corrected chi connectivity index (χ2v) is 7.70. The van der Waals surface area contributed by atoms with E-state index in [1.165, 1.54) is 0 Å². The zero-order valence-electron chi connectivity index (χ0n) is 17.8. The van der Waals surface area contributed by atoms with Crippen LogP contribution in [0.15, 0.2) is 73.2 Å². The maximum absolute atomic E-state index is 11.0. The number of aldehydes is 1. The van der Waals surface area contributed by atoms with Crippen LogP contribution in [0.2, 0.25) is 5.02 Å². The van der Waals surface area contributed by atoms with Crippen molar-refractivity contribution in [1.82, 2.24) is 24.8 Å². The van der Waals surface area contributed by atoms with Crippen molar-refractivity contribution >= 4 is 40.0 Å². The monoisotopic (exact) mass is 443 g/mol. The second kappa shape index (κ2) is 9.68. The first-order valence-electron chi connectivity index (χ1n) is 10.1. The van der Waals surface area contributed by atoms with Gasteiger partial charge in [-0.1, -0.05) is 29.8 Å². The minimum atomic E-state index is 0.415. The summed E-state index contributed by atoms with van der Waals surface area (Å²) in [6.07, 6.45) is 4.35. The summed E-state index contributed by atoms with van der Waals surface area (Å²) in [7, 11) is 3.75. The molecule has 0 amide bonds. The highest BCUT2D eigenvalue weighted by Gasteiger charge is 2.10. The first-order valence-corrected chi connectivity index (χ1v) is 10.5. The zero-order valence-corrected chi connectivity index (χ0v) is 18.5. The predicted octanol–water partition coefficient (Wildman–Crippen LogP) is 5.00. The number of imidazole rings is 1. The van der Waals surface area contributed by atoms with E-state index in [0.29, 0.717) is 17.1 Å². The van der Waals surface area contributed by atoms with Crippen molar-refractivity contribution in [3.05, 3.63) is 89.3 Å². The summed E-state index contributed by atoms with van der Waals surface area (Å²) in [5, 5.41) is 4.27. The maximum atomic E-state index is 11.0. The number of benzene rings is 2. The molecule has 0 unspecified atom stereocenters. The van der Waals surface area contributed by atoms with Gasteiger partial charge >= 0.3 is 0 Å². The van der Waals surface area contributed by atoms with Gasteiger partial charge in [-0.2, -0.15) is 0 Å². The molecule has 0 radical (unpaired) electrons. The standard InChI is InChI=1S/C23H15ClN4O.C2H7N/c24-19-11-17(4-5-18(19)13-29)21-7-8-22-23(27-21)28(14-26-22)12-15-3-6-20-16(10-15)2-1-9-25-20;1-3-2/h1-11,13-14H,12H2;3H,1-2H3. The SMILES string of the molecule is CNC.O=Cc1ccc(-c2ccc3ncn(Cc4ccc5ncccc5c4)c3n2)cc1Cl. The molecule has 32 heavy (non-hydrogen) atoms. The van der Waals surface area contributed by atoms with Gasteiger partial charge in [-0.25, -0.2) is 9.97 Å². The number of fused-ring (bicyclic) bond motifs is 2. The Labute approximate surface area is 190 Å². The summed E-state index contributed by atoms with van der Waals surface area (Å²) >= 11 is 6.18. The number of pyridine rings is 2. The van der Waals surface area contributed by atoms with Gasteiger partial charge in [-0.3, -0.25) is 9.78 Å². The van der Waals surface area contributed by atoms with Crippen molar-refractivity contribution in [2.45, 2.75) is 6.54 Å². The van der Waals surface area contributed by atoms with Crippen molar-refractivity contribution in [2.75, 3.05) is 14.1 Å². The summed E-state index contributed by atoms with van der Waals surface area (Å²) in [4.78, 5) is 24.6. The second-order valence-electron chi connectivity index (χ2n) is 7.30. The Morgan fingerprint density at radius 3 is 2.59 bits per heavy atom. The van der Waals surface area contributed by atoms with E-state index >= 15 is 0 Å². The average Bonchev–Trinajstić information content (AvgIpc) is 3.21. The van der Waals surface area contributed by atoms with Gasteiger partial charge in [0.15, 0.2) is 11.9 Å². The number of carbonyl (C=O) groups is 1. The number of hydrogen-bond donors (Lipinski definition) is 1. The zero-order chi connectivity index (χ0) is 22.5. The van der Waals surface area contributed by atoms with Crippen LogP contribution in [0, 0.1) is 0 Å². The number of rotatable bonds is 4. The number of hydrogen-bond acceptors (Lipinski definition) is 5. The maximum Gasteiger partial charge on any atom is 0.160 e. The van der Waals surface area contributed by atoms with Crippen LogP contribution in [0.25, 0.3) is 33.3 Å². The average molecular weight is 444 g/mol. The molecule has 0 saturated carbocycles. The molecule has 0 aliphatic rings. The summed E-state index contributed by atoms with van der Waals surface area (Å²) in [6, 6.07) is 19.4. The Morgan fingerprint density at radius 1 is 1.00 bits per heavy atom. The lowest BCUT2D eigenvalue weighted by molar-refractivity contribution is 0.112. The van der Waals surface area contributed by atoms with Crippen LogP contribution in [-0.4, -0.2) is 39.9 Å². The number of nitrogens with zero attached hydrogens (tertiary/aromatic N) is 4. The van der Waals surface area contributed by atoms with Crippen LogP contribution in [0.5, 0.6) is 0 Å². The highest BCUT2D eigenvalue weighted by atomic mass is 35.5. The summed E-state index contributed by atoms with van der Waals surface area (Å²) in [5.74, 6) is 0. The van der Waals surface area contributed by atoms with Gasteiger partial charge < -0.3 is 9.88 Å². The third-order valence-corrected chi connectivity index (χ3v) is 5.23. The Bertz CT molecular complexity index is 1400. The van der Waals surface area contributed by atoms with Gasteiger partial charge in [0, 0.05) is 22.7 Å². The summed E-state index contributed by atoms with van der Waals surface area (Å²) in [5.41, 5.74) is 5.84. The van der Waals surface area contributed by atoms with E-state index < -0.39 is 0 Å². The lowest BCUT2D eigenvalue weighted by atomic mass is 10.1. The molecule has 3 heterocycles. The highest BCUT2D eigenvalue weighted by molar-refractivity contribution is 6.33. The molecule has 5 rings (SSSR count). The molecule has 3 aromatic heterocycles. The molecule has 0 atom stereocenters. The Kier molecular flexibility index (Phi) is 6.54. The van der Waals surface area contributed by atoms with Gasteiger partial charge in [0.05, 0.1) is 29.1 Å². The molecule has 0 saturated heterocycles. The van der Waals surface area contributed by atoms with Crippen molar-refractivity contribution in [2.24, 2.45) is 0 Å². The van der Waals surface area contributed by atoms with Crippen LogP contribution in [0.4, 0.5) is 0 Å². The summed E-state index contributed by atoms with van der Waals surface area (Å²) in [6.45, 7) is 0.655. The van der Waals surface area contributed by atoms with Crippen LogP contribution in [0.1, 0.15) is 15.9 Å². The molecule has 0 spiro atoms. The Morgan fingerprint density at radius 2 is 1.81 bits per heavy atom. The highest BCUT2D eigenvalue weighted by Crippen LogP contribution is 2.25. The van der Waals surface area contributed by atoms with Crippen LogP contribution >= 0.6 is 11.6 Å². The Hall–Kier alpha value is -3.61. The van der Waals surface area contributed by atoms with Gasteiger partial charge in [-0.15, -0.1) is 0 Å². The van der Waals surface area contributed by atoms with E-state index in [0.717, 1.165) is 45.2 Å². The van der Waals surface area contributed by atoms with Gasteiger partial charge in [-0.05, 0) is 62.1 Å². The molecular formula is C25H22ClN5O. The minimum Gasteiger partial charge on any atom is -0.323 e. The number of halogens is 1. The predicted molar refractivity (Wildman–Crippen MR) is 129 cm³/mol. The smallest absolute Gasteiger partial charge is 0.160 e. The first-order chi connectivity index (χ1) is 15.6. The van der Waals surface area contributed by atoms with Crippen molar-refractivity contribution in [1.29, 1.82) is 0 Å². The number of carbonyl (C=O) groups excluding carboxylic acids is 1. The molecule has 5 aromatic rings. The molecule has 0 aliphatic heterocycles. The van der Waals surface area contributed by atoms with Crippen LogP contribution in [-0.2, 0) is 6.54 Å². The van der Waals surface area contributed by atoms with E-state index in [4.69, 9.17) is 16.6 Å². The fraction of sp³-hybridized carbons (Fsp3) is 0.120. The Balaban J connectivity index is 0.000000775. The molecule has 0 bridgehead atoms. The molecule has 0 fully saturated rings. The van der Waals surface area contributed by atoms with Crippen molar-refractivity contribution < 1.29 is 4.79 Å². The van der Waals surface area contributed by atoms with E-state index in [1.54, 1.807) is 24.7 Å².